The minimum atomic E-state index is -1.42. The van der Waals surface area contributed by atoms with Crippen molar-refractivity contribution in [3.05, 3.63) is 130 Å². The third-order valence-corrected chi connectivity index (χ3v) is 7.40. The minimum Gasteiger partial charge on any atom is -0.461 e. The molecule has 12 nitrogen and oxygen atoms in total. The molecular weight excluding hydrogens is 594 g/mol. The number of aromatic nitrogens is 2. The Morgan fingerprint density at radius 2 is 1.33 bits per heavy atom. The van der Waals surface area contributed by atoms with Crippen molar-refractivity contribution in [1.29, 1.82) is 0 Å². The second kappa shape index (κ2) is 14.0. The smallest absolute Gasteiger partial charge is 0.351 e. The Morgan fingerprint density at radius 1 is 0.804 bits per heavy atom. The number of rotatable bonds is 10. The van der Waals surface area contributed by atoms with Gasteiger partial charge in [-0.05, 0) is 49.4 Å². The van der Waals surface area contributed by atoms with E-state index >= 15 is 0 Å². The van der Waals surface area contributed by atoms with Crippen LogP contribution in [0.3, 0.4) is 0 Å². The molecule has 0 aliphatic carbocycles. The lowest BCUT2D eigenvalue weighted by molar-refractivity contribution is -0.114. The molecule has 236 valence electrons. The number of hydrogen-bond acceptors (Lipinski definition) is 10. The Morgan fingerprint density at radius 3 is 1.85 bits per heavy atom. The third-order valence-electron chi connectivity index (χ3n) is 7.40. The summed E-state index contributed by atoms with van der Waals surface area (Å²) < 4.78 is 24.8. The second-order valence-corrected chi connectivity index (χ2v) is 10.8. The first-order valence-corrected chi connectivity index (χ1v) is 14.4. The number of carbonyl (C=O) groups excluding carboxylic acids is 4. The molecule has 2 heterocycles. The van der Waals surface area contributed by atoms with Crippen LogP contribution in [0.2, 0.25) is 0 Å². The number of amides is 1. The van der Waals surface area contributed by atoms with Crippen molar-refractivity contribution in [2.75, 3.05) is 18.5 Å². The van der Waals surface area contributed by atoms with Crippen LogP contribution in [0.5, 0.6) is 0 Å². The highest BCUT2D eigenvalue weighted by Gasteiger charge is 2.58. The van der Waals surface area contributed by atoms with Crippen molar-refractivity contribution >= 4 is 29.6 Å². The molecule has 1 aliphatic heterocycles. The predicted molar refractivity (Wildman–Crippen MR) is 164 cm³/mol. The van der Waals surface area contributed by atoms with Crippen molar-refractivity contribution < 1.29 is 38.1 Å². The summed E-state index contributed by atoms with van der Waals surface area (Å²) in [6.07, 6.45) is -2.17. The molecule has 3 aromatic carbocycles. The van der Waals surface area contributed by atoms with E-state index in [1.165, 1.54) is 19.2 Å². The van der Waals surface area contributed by atoms with Gasteiger partial charge in [-0.2, -0.15) is 4.98 Å². The van der Waals surface area contributed by atoms with Gasteiger partial charge in [0, 0.05) is 13.1 Å². The number of nitrogens with one attached hydrogen (secondary N) is 1. The van der Waals surface area contributed by atoms with Gasteiger partial charge < -0.3 is 24.3 Å². The highest BCUT2D eigenvalue weighted by Crippen LogP contribution is 2.47. The Kier molecular flexibility index (Phi) is 9.67. The van der Waals surface area contributed by atoms with Crippen LogP contribution in [0.15, 0.2) is 108 Å². The van der Waals surface area contributed by atoms with Crippen LogP contribution in [0.1, 0.15) is 51.1 Å². The van der Waals surface area contributed by atoms with Crippen LogP contribution in [0, 0.1) is 5.41 Å². The molecule has 5 rings (SSSR count). The molecule has 0 saturated carbocycles. The predicted octanol–water partition coefficient (Wildman–Crippen LogP) is 4.05. The number of ether oxygens (including phenoxy) is 4. The highest BCUT2D eigenvalue weighted by atomic mass is 16.6. The maximum Gasteiger partial charge on any atom is 0.351 e. The van der Waals surface area contributed by atoms with E-state index in [1.54, 1.807) is 97.9 Å². The molecule has 1 fully saturated rings. The number of esters is 3. The van der Waals surface area contributed by atoms with E-state index in [4.69, 9.17) is 18.9 Å². The summed E-state index contributed by atoms with van der Waals surface area (Å²) in [7, 11) is 0. The monoisotopic (exact) mass is 625 g/mol. The van der Waals surface area contributed by atoms with E-state index in [1.807, 2.05) is 0 Å². The summed E-state index contributed by atoms with van der Waals surface area (Å²) in [4.78, 5) is 68.1. The summed E-state index contributed by atoms with van der Waals surface area (Å²) in [5, 5.41) is 2.45. The van der Waals surface area contributed by atoms with Gasteiger partial charge in [-0.3, -0.25) is 9.36 Å². The normalized spacial score (nSPS) is 20.3. The number of hydrogen-bond donors (Lipinski definition) is 1. The molecule has 1 aliphatic rings. The summed E-state index contributed by atoms with van der Waals surface area (Å²) in [5.74, 6) is -2.41. The van der Waals surface area contributed by atoms with Gasteiger partial charge >= 0.3 is 23.6 Å². The van der Waals surface area contributed by atoms with E-state index in [9.17, 15) is 24.0 Å². The van der Waals surface area contributed by atoms with Gasteiger partial charge in [0.1, 0.15) is 31.2 Å². The van der Waals surface area contributed by atoms with Gasteiger partial charge in [0.2, 0.25) is 5.91 Å². The number of benzene rings is 3. The van der Waals surface area contributed by atoms with Gasteiger partial charge in [0.15, 0.2) is 6.23 Å². The average molecular weight is 626 g/mol. The number of nitrogens with zero attached hydrogens (tertiary/aromatic N) is 2. The van der Waals surface area contributed by atoms with Crippen molar-refractivity contribution in [2.45, 2.75) is 32.3 Å². The molecule has 46 heavy (non-hydrogen) atoms. The van der Waals surface area contributed by atoms with E-state index in [0.717, 1.165) is 4.57 Å². The average Bonchev–Trinajstić information content (AvgIpc) is 3.33. The van der Waals surface area contributed by atoms with Crippen molar-refractivity contribution in [3.8, 4) is 0 Å². The van der Waals surface area contributed by atoms with Crippen LogP contribution in [-0.4, -0.2) is 58.8 Å². The summed E-state index contributed by atoms with van der Waals surface area (Å²) in [5.41, 5.74) is -1.39. The topological polar surface area (TPSA) is 152 Å². The molecule has 1 N–H and O–H groups in total. The van der Waals surface area contributed by atoms with Crippen LogP contribution in [0.4, 0.5) is 5.82 Å². The van der Waals surface area contributed by atoms with Gasteiger partial charge in [-0.15, -0.1) is 0 Å². The summed E-state index contributed by atoms with van der Waals surface area (Å²) in [6, 6.07) is 26.2. The fourth-order valence-corrected chi connectivity index (χ4v) is 5.12. The lowest BCUT2D eigenvalue weighted by Gasteiger charge is -2.34. The molecule has 2 unspecified atom stereocenters. The molecule has 1 saturated heterocycles. The zero-order chi connectivity index (χ0) is 32.7. The lowest BCUT2D eigenvalue weighted by atomic mass is 9.82. The summed E-state index contributed by atoms with van der Waals surface area (Å²) in [6.45, 7) is 2.16. The SMILES string of the molecule is CC(=O)Nc1ccn([C@@H]2O[C@H](COC(=O)c3ccccc3)C(OC(=O)c3ccccc3)C2(C)COC(=O)c2ccccc2)c(=O)n1. The van der Waals surface area contributed by atoms with Crippen LogP contribution < -0.4 is 11.0 Å². The van der Waals surface area contributed by atoms with Gasteiger partial charge in [0.05, 0.1) is 22.1 Å². The third kappa shape index (κ3) is 7.19. The van der Waals surface area contributed by atoms with Gasteiger partial charge in [-0.25, -0.2) is 19.2 Å². The molecule has 1 aromatic heterocycles. The molecule has 0 radical (unpaired) electrons. The van der Waals surface area contributed by atoms with Crippen molar-refractivity contribution in [2.24, 2.45) is 5.41 Å². The number of anilines is 1. The fraction of sp³-hybridized carbons (Fsp3) is 0.235. The maximum atomic E-state index is 13.4. The van der Waals surface area contributed by atoms with Crippen LogP contribution >= 0.6 is 0 Å². The molecule has 4 aromatic rings. The maximum absolute atomic E-state index is 13.4. The Balaban J connectivity index is 1.52. The molecule has 1 amide bonds. The highest BCUT2D eigenvalue weighted by molar-refractivity contribution is 5.90. The molecular formula is C34H31N3O9. The Bertz CT molecular complexity index is 1760. The zero-order valence-electron chi connectivity index (χ0n) is 25.0. The molecule has 0 spiro atoms. The van der Waals surface area contributed by atoms with Crippen molar-refractivity contribution in [3.63, 3.8) is 0 Å². The molecule has 4 atom stereocenters. The first kappa shape index (κ1) is 31.8. The van der Waals surface area contributed by atoms with E-state index < -0.39 is 53.4 Å². The quantitative estimate of drug-likeness (QED) is 0.202. The molecule has 0 bridgehead atoms. The second-order valence-electron chi connectivity index (χ2n) is 10.8. The first-order chi connectivity index (χ1) is 22.2. The largest absolute Gasteiger partial charge is 0.461 e. The molecule has 12 heteroatoms. The van der Waals surface area contributed by atoms with Crippen LogP contribution in [0.25, 0.3) is 0 Å². The fourth-order valence-electron chi connectivity index (χ4n) is 5.12. The van der Waals surface area contributed by atoms with E-state index in [-0.39, 0.29) is 30.2 Å². The van der Waals surface area contributed by atoms with Gasteiger partial charge in [-0.1, -0.05) is 54.6 Å². The van der Waals surface area contributed by atoms with Gasteiger partial charge in [0.25, 0.3) is 0 Å². The van der Waals surface area contributed by atoms with E-state index in [2.05, 4.69) is 10.3 Å². The zero-order valence-corrected chi connectivity index (χ0v) is 25.0. The van der Waals surface area contributed by atoms with E-state index in [0.29, 0.717) is 5.56 Å². The summed E-state index contributed by atoms with van der Waals surface area (Å²) >= 11 is 0. The Labute approximate surface area is 263 Å². The minimum absolute atomic E-state index is 0.0179. The van der Waals surface area contributed by atoms with Crippen LogP contribution in [-0.2, 0) is 23.7 Å². The Hall–Kier alpha value is -5.62. The first-order valence-electron chi connectivity index (χ1n) is 14.4. The van der Waals surface area contributed by atoms with Crippen molar-refractivity contribution in [1.82, 2.24) is 9.55 Å². The lowest BCUT2D eigenvalue weighted by Crippen LogP contribution is -2.46. The standard InChI is InChI=1S/C34H31N3O9/c1-22(38)35-27-18-19-37(33(42)36-27)32-34(2,21-44-30(40)24-14-8-4-9-15-24)28(46-31(41)25-16-10-5-11-17-25)26(45-32)20-43-29(39)23-12-6-3-7-13-23/h3-19,26,28,32H,20-21H2,1-2H3,(H,35,36,38,42)/t26-,28?,32-,34?/m1/s1. The number of carbonyl (C=O) groups is 4.